The number of hydrogen-bond donors (Lipinski definition) is 1. The maximum Gasteiger partial charge on any atom is 0.220 e. The standard InChI is InChI=1S/C16H23N5O4S.HI/c1-2-17-16(18-11-14-3-9-24-12-14)20-5-7-21(8-6-20)26(22,23)13-15-4-10-25-19-15;/h3-4,9-10,12H,2,5-8,11,13H2,1H3,(H,17,18);1H. The second-order valence-electron chi connectivity index (χ2n) is 5.93. The van der Waals surface area contributed by atoms with Crippen LogP contribution in [0.25, 0.3) is 0 Å². The van der Waals surface area contributed by atoms with Crippen LogP contribution in [-0.4, -0.2) is 61.5 Å². The Bertz CT molecular complexity index is 800. The minimum absolute atomic E-state index is 0. The minimum atomic E-state index is -3.40. The molecule has 0 radical (unpaired) electrons. The van der Waals surface area contributed by atoms with Crippen molar-refractivity contribution in [3.63, 3.8) is 0 Å². The molecule has 1 N–H and O–H groups in total. The Hall–Kier alpha value is -1.60. The zero-order valence-corrected chi connectivity index (χ0v) is 18.2. The van der Waals surface area contributed by atoms with Gasteiger partial charge in [-0.05, 0) is 13.0 Å². The van der Waals surface area contributed by atoms with E-state index in [0.717, 1.165) is 18.1 Å². The lowest BCUT2D eigenvalue weighted by Crippen LogP contribution is -2.53. The molecule has 0 saturated carbocycles. The fourth-order valence-electron chi connectivity index (χ4n) is 2.74. The van der Waals surface area contributed by atoms with Crippen LogP contribution in [0.1, 0.15) is 18.2 Å². The van der Waals surface area contributed by atoms with E-state index in [4.69, 9.17) is 8.94 Å². The van der Waals surface area contributed by atoms with Crippen molar-refractivity contribution in [1.82, 2.24) is 19.7 Å². The molecule has 150 valence electrons. The van der Waals surface area contributed by atoms with Gasteiger partial charge in [0.05, 0.1) is 24.8 Å². The normalized spacial score (nSPS) is 16.2. The molecule has 0 bridgehead atoms. The highest BCUT2D eigenvalue weighted by atomic mass is 127. The fourth-order valence-corrected chi connectivity index (χ4v) is 4.17. The highest BCUT2D eigenvalue weighted by Gasteiger charge is 2.28. The Morgan fingerprint density at radius 2 is 2.04 bits per heavy atom. The van der Waals surface area contributed by atoms with Gasteiger partial charge in [0.25, 0.3) is 0 Å². The van der Waals surface area contributed by atoms with Crippen molar-refractivity contribution < 1.29 is 17.4 Å². The van der Waals surface area contributed by atoms with Crippen molar-refractivity contribution in [1.29, 1.82) is 0 Å². The molecule has 0 aliphatic carbocycles. The first-order valence-corrected chi connectivity index (χ1v) is 10.1. The van der Waals surface area contributed by atoms with Gasteiger partial charge in [-0.2, -0.15) is 4.31 Å². The van der Waals surface area contributed by atoms with Gasteiger partial charge in [0.1, 0.15) is 12.0 Å². The summed E-state index contributed by atoms with van der Waals surface area (Å²) in [6.07, 6.45) is 4.67. The maximum absolute atomic E-state index is 12.5. The summed E-state index contributed by atoms with van der Waals surface area (Å²) in [6, 6.07) is 3.45. The van der Waals surface area contributed by atoms with Gasteiger partial charge in [-0.25, -0.2) is 13.4 Å². The van der Waals surface area contributed by atoms with Crippen LogP contribution < -0.4 is 5.32 Å². The summed E-state index contributed by atoms with van der Waals surface area (Å²) in [5, 5.41) is 6.94. The fraction of sp³-hybridized carbons (Fsp3) is 0.500. The van der Waals surface area contributed by atoms with Gasteiger partial charge >= 0.3 is 0 Å². The Balaban J connectivity index is 0.00000261. The maximum atomic E-state index is 12.5. The number of guanidine groups is 1. The molecule has 1 saturated heterocycles. The minimum Gasteiger partial charge on any atom is -0.472 e. The summed E-state index contributed by atoms with van der Waals surface area (Å²) < 4.78 is 36.3. The average Bonchev–Trinajstić information content (AvgIpc) is 3.32. The number of rotatable bonds is 6. The quantitative estimate of drug-likeness (QED) is 0.358. The molecule has 9 nitrogen and oxygen atoms in total. The number of aromatic nitrogens is 1. The molecule has 0 amide bonds. The van der Waals surface area contributed by atoms with Crippen molar-refractivity contribution in [2.24, 2.45) is 4.99 Å². The van der Waals surface area contributed by atoms with Crippen molar-refractivity contribution >= 4 is 40.0 Å². The highest BCUT2D eigenvalue weighted by molar-refractivity contribution is 14.0. The van der Waals surface area contributed by atoms with Crippen molar-refractivity contribution in [2.45, 2.75) is 19.2 Å². The van der Waals surface area contributed by atoms with E-state index in [9.17, 15) is 8.42 Å². The second-order valence-corrected chi connectivity index (χ2v) is 7.90. The Labute approximate surface area is 175 Å². The monoisotopic (exact) mass is 509 g/mol. The van der Waals surface area contributed by atoms with E-state index in [-0.39, 0.29) is 29.7 Å². The van der Waals surface area contributed by atoms with Crippen LogP contribution in [-0.2, 0) is 22.3 Å². The van der Waals surface area contributed by atoms with Crippen LogP contribution in [0.4, 0.5) is 0 Å². The molecule has 2 aromatic heterocycles. The lowest BCUT2D eigenvalue weighted by atomic mass is 10.3. The molecule has 0 atom stereocenters. The molecule has 3 rings (SSSR count). The van der Waals surface area contributed by atoms with E-state index in [2.05, 4.69) is 20.4 Å². The van der Waals surface area contributed by atoms with Crippen LogP contribution >= 0.6 is 24.0 Å². The molecule has 0 unspecified atom stereocenters. The third-order valence-corrected chi connectivity index (χ3v) is 5.89. The number of halogens is 1. The molecule has 3 heterocycles. The van der Waals surface area contributed by atoms with E-state index < -0.39 is 10.0 Å². The van der Waals surface area contributed by atoms with Gasteiger partial charge in [-0.15, -0.1) is 24.0 Å². The van der Waals surface area contributed by atoms with Crippen LogP contribution in [0, 0.1) is 0 Å². The summed E-state index contributed by atoms with van der Waals surface area (Å²) in [7, 11) is -3.40. The smallest absolute Gasteiger partial charge is 0.220 e. The first-order chi connectivity index (χ1) is 12.6. The number of furan rings is 1. The summed E-state index contributed by atoms with van der Waals surface area (Å²) in [5.74, 6) is 0.639. The van der Waals surface area contributed by atoms with Gasteiger partial charge in [-0.3, -0.25) is 0 Å². The van der Waals surface area contributed by atoms with Crippen molar-refractivity contribution in [3.8, 4) is 0 Å². The lowest BCUT2D eigenvalue weighted by molar-refractivity contribution is 0.259. The van der Waals surface area contributed by atoms with E-state index in [1.807, 2.05) is 13.0 Å². The summed E-state index contributed by atoms with van der Waals surface area (Å²) in [4.78, 5) is 6.68. The SMILES string of the molecule is CCNC(=NCc1ccoc1)N1CCN(S(=O)(=O)Cc2ccon2)CC1.I. The van der Waals surface area contributed by atoms with Crippen molar-refractivity contribution in [3.05, 3.63) is 42.2 Å². The van der Waals surface area contributed by atoms with Crippen LogP contribution in [0.15, 0.2) is 44.9 Å². The van der Waals surface area contributed by atoms with Gasteiger partial charge in [-0.1, -0.05) is 5.16 Å². The predicted molar refractivity (Wildman–Crippen MR) is 111 cm³/mol. The Morgan fingerprint density at radius 3 is 2.63 bits per heavy atom. The number of sulfonamides is 1. The third-order valence-electron chi connectivity index (χ3n) is 4.08. The van der Waals surface area contributed by atoms with Gasteiger partial charge in [0.2, 0.25) is 10.0 Å². The van der Waals surface area contributed by atoms with Gasteiger partial charge in [0.15, 0.2) is 5.96 Å². The number of nitrogens with zero attached hydrogens (tertiary/aromatic N) is 4. The highest BCUT2D eigenvalue weighted by Crippen LogP contribution is 2.13. The first-order valence-electron chi connectivity index (χ1n) is 8.50. The Kier molecular flexibility index (Phi) is 8.10. The molecule has 11 heteroatoms. The topological polar surface area (TPSA) is 104 Å². The zero-order chi connectivity index (χ0) is 18.4. The molecule has 27 heavy (non-hydrogen) atoms. The Morgan fingerprint density at radius 1 is 1.26 bits per heavy atom. The first kappa shape index (κ1) is 21.7. The molecule has 0 aromatic carbocycles. The molecular weight excluding hydrogens is 485 g/mol. The third kappa shape index (κ3) is 5.94. The summed E-state index contributed by atoms with van der Waals surface area (Å²) in [6.45, 7) is 5.25. The van der Waals surface area contributed by atoms with Crippen LogP contribution in [0.2, 0.25) is 0 Å². The summed E-state index contributed by atoms with van der Waals surface area (Å²) in [5.41, 5.74) is 1.41. The number of aliphatic imine (C=N–C) groups is 1. The zero-order valence-electron chi connectivity index (χ0n) is 15.1. The number of hydrogen-bond acceptors (Lipinski definition) is 6. The van der Waals surface area contributed by atoms with Crippen molar-refractivity contribution in [2.75, 3.05) is 32.7 Å². The molecule has 0 spiro atoms. The molecule has 2 aromatic rings. The molecule has 1 aliphatic rings. The second kappa shape index (κ2) is 10.1. The molecular formula is C16H24IN5O4S. The number of piperazine rings is 1. The van der Waals surface area contributed by atoms with E-state index in [0.29, 0.717) is 38.4 Å². The average molecular weight is 509 g/mol. The van der Waals surface area contributed by atoms with E-state index >= 15 is 0 Å². The lowest BCUT2D eigenvalue weighted by Gasteiger charge is -2.35. The van der Waals surface area contributed by atoms with E-state index in [1.165, 1.54) is 10.6 Å². The van der Waals surface area contributed by atoms with Gasteiger partial charge < -0.3 is 19.2 Å². The number of nitrogens with one attached hydrogen (secondary N) is 1. The molecule has 1 fully saturated rings. The largest absolute Gasteiger partial charge is 0.472 e. The predicted octanol–water partition coefficient (Wildman–Crippen LogP) is 1.50. The van der Waals surface area contributed by atoms with Gasteiger partial charge in [0, 0.05) is 44.4 Å². The van der Waals surface area contributed by atoms with Crippen LogP contribution in [0.3, 0.4) is 0 Å². The molecule has 1 aliphatic heterocycles. The van der Waals surface area contributed by atoms with E-state index in [1.54, 1.807) is 18.6 Å². The van der Waals surface area contributed by atoms with Crippen LogP contribution in [0.5, 0.6) is 0 Å². The summed E-state index contributed by atoms with van der Waals surface area (Å²) >= 11 is 0.